The second kappa shape index (κ2) is 7.14. The number of esters is 1. The summed E-state index contributed by atoms with van der Waals surface area (Å²) < 4.78 is 5.08. The Hall–Kier alpha value is -1.75. The average Bonchev–Trinajstić information content (AvgIpc) is 2.35. The number of amides is 1. The fourth-order valence-corrected chi connectivity index (χ4v) is 1.63. The van der Waals surface area contributed by atoms with Gasteiger partial charge in [0.1, 0.15) is 0 Å². The summed E-state index contributed by atoms with van der Waals surface area (Å²) in [6, 6.07) is 4.47. The van der Waals surface area contributed by atoms with Crippen LogP contribution < -0.4 is 11.1 Å². The molecule has 6 heteroatoms. The summed E-state index contributed by atoms with van der Waals surface area (Å²) in [5.74, 6) is -0.653. The lowest BCUT2D eigenvalue weighted by Gasteiger charge is -2.15. The molecule has 0 aliphatic heterocycles. The molecule has 20 heavy (non-hydrogen) atoms. The maximum Gasteiger partial charge on any atom is 0.341 e. The van der Waals surface area contributed by atoms with Gasteiger partial charge in [0.2, 0.25) is 0 Å². The van der Waals surface area contributed by atoms with Crippen LogP contribution in [0.15, 0.2) is 18.2 Å². The van der Waals surface area contributed by atoms with Crippen molar-refractivity contribution in [3.63, 3.8) is 0 Å². The van der Waals surface area contributed by atoms with Crippen LogP contribution in [0.3, 0.4) is 0 Å². The highest BCUT2D eigenvalue weighted by Gasteiger charge is 2.20. The van der Waals surface area contributed by atoms with Gasteiger partial charge < -0.3 is 15.8 Å². The summed E-state index contributed by atoms with van der Waals surface area (Å²) >= 11 is 5.75. The zero-order valence-corrected chi connectivity index (χ0v) is 12.5. The smallest absolute Gasteiger partial charge is 0.341 e. The number of carbonyl (C=O) groups excluding carboxylic acids is 2. The van der Waals surface area contributed by atoms with E-state index < -0.39 is 12.1 Å². The maximum atomic E-state index is 11.9. The molecule has 1 aromatic carbocycles. The summed E-state index contributed by atoms with van der Waals surface area (Å²) in [4.78, 5) is 23.6. The number of nitrogens with one attached hydrogen (secondary N) is 1. The third-order valence-corrected chi connectivity index (χ3v) is 2.81. The molecule has 1 unspecified atom stereocenters. The molecule has 3 N–H and O–H groups in total. The molecule has 110 valence electrons. The number of ether oxygens (including phenoxy) is 1. The van der Waals surface area contributed by atoms with Crippen molar-refractivity contribution in [1.29, 1.82) is 0 Å². The van der Waals surface area contributed by atoms with Crippen molar-refractivity contribution < 1.29 is 14.3 Å². The van der Waals surface area contributed by atoms with Gasteiger partial charge >= 0.3 is 5.97 Å². The molecule has 5 nitrogen and oxygen atoms in total. The molecule has 0 spiro atoms. The molecule has 0 fully saturated rings. The van der Waals surface area contributed by atoms with Crippen molar-refractivity contribution in [2.75, 3.05) is 12.3 Å². The zero-order chi connectivity index (χ0) is 15.3. The van der Waals surface area contributed by atoms with Crippen LogP contribution in [0.2, 0.25) is 5.02 Å². The summed E-state index contributed by atoms with van der Waals surface area (Å²) in [6.45, 7) is 6.00. The van der Waals surface area contributed by atoms with Crippen LogP contribution in [0, 0.1) is 5.92 Å². The van der Waals surface area contributed by atoms with Gasteiger partial charge in [-0.25, -0.2) is 4.79 Å². The summed E-state index contributed by atoms with van der Waals surface area (Å²) in [5.41, 5.74) is 6.10. The lowest BCUT2D eigenvalue weighted by Crippen LogP contribution is -2.37. The third kappa shape index (κ3) is 4.74. The number of anilines is 1. The zero-order valence-electron chi connectivity index (χ0n) is 11.8. The Labute approximate surface area is 123 Å². The highest BCUT2D eigenvalue weighted by Crippen LogP contribution is 2.19. The standard InChI is InChI=1S/C14H19ClN2O3/c1-8(2)7-17-13(18)9(3)20-14(19)11-5-4-10(15)6-12(11)16/h4-6,8-9H,7,16H2,1-3H3,(H,17,18). The lowest BCUT2D eigenvalue weighted by molar-refractivity contribution is -0.129. The minimum Gasteiger partial charge on any atom is -0.449 e. The highest BCUT2D eigenvalue weighted by molar-refractivity contribution is 6.31. The Morgan fingerprint density at radius 1 is 1.35 bits per heavy atom. The van der Waals surface area contributed by atoms with E-state index in [2.05, 4.69) is 5.32 Å². The summed E-state index contributed by atoms with van der Waals surface area (Å²) in [6.07, 6.45) is -0.878. The van der Waals surface area contributed by atoms with Gasteiger partial charge in [0.25, 0.3) is 5.91 Å². The number of hydrogen-bond donors (Lipinski definition) is 2. The van der Waals surface area contributed by atoms with Crippen molar-refractivity contribution >= 4 is 29.2 Å². The number of nitrogen functional groups attached to an aromatic ring is 1. The average molecular weight is 299 g/mol. The molecule has 0 aliphatic rings. The van der Waals surface area contributed by atoms with Crippen LogP contribution >= 0.6 is 11.6 Å². The second-order valence-electron chi connectivity index (χ2n) is 4.92. The van der Waals surface area contributed by atoms with Crippen molar-refractivity contribution in [3.8, 4) is 0 Å². The summed E-state index contributed by atoms with van der Waals surface area (Å²) in [7, 11) is 0. The molecule has 0 aromatic heterocycles. The number of benzene rings is 1. The quantitative estimate of drug-likeness (QED) is 0.645. The van der Waals surface area contributed by atoms with Crippen LogP contribution in [0.4, 0.5) is 5.69 Å². The molecular formula is C14H19ClN2O3. The number of carbonyl (C=O) groups is 2. The molecule has 1 atom stereocenters. The van der Waals surface area contributed by atoms with Gasteiger partial charge in [-0.15, -0.1) is 0 Å². The fraction of sp³-hybridized carbons (Fsp3) is 0.429. The van der Waals surface area contributed by atoms with Crippen molar-refractivity contribution in [3.05, 3.63) is 28.8 Å². The minimum absolute atomic E-state index is 0.193. The second-order valence-corrected chi connectivity index (χ2v) is 5.35. The summed E-state index contributed by atoms with van der Waals surface area (Å²) in [5, 5.41) is 3.13. The van der Waals surface area contributed by atoms with Crippen LogP contribution in [0.25, 0.3) is 0 Å². The van der Waals surface area contributed by atoms with Crippen molar-refractivity contribution in [2.45, 2.75) is 26.9 Å². The van der Waals surface area contributed by atoms with Gasteiger partial charge in [-0.3, -0.25) is 4.79 Å². The molecule has 1 amide bonds. The van der Waals surface area contributed by atoms with E-state index in [-0.39, 0.29) is 17.2 Å². The van der Waals surface area contributed by atoms with Crippen LogP contribution in [0.5, 0.6) is 0 Å². The van der Waals surface area contributed by atoms with Crippen molar-refractivity contribution in [2.24, 2.45) is 5.92 Å². The van der Waals surface area contributed by atoms with Crippen LogP contribution in [-0.4, -0.2) is 24.5 Å². The third-order valence-electron chi connectivity index (χ3n) is 2.57. The predicted molar refractivity (Wildman–Crippen MR) is 78.6 cm³/mol. The molecule has 1 rings (SSSR count). The van der Waals surface area contributed by atoms with Gasteiger partial charge in [-0.05, 0) is 31.0 Å². The van der Waals surface area contributed by atoms with E-state index in [1.54, 1.807) is 0 Å². The molecule has 0 saturated carbocycles. The first-order valence-electron chi connectivity index (χ1n) is 6.35. The molecule has 0 bridgehead atoms. The van der Waals surface area contributed by atoms with Gasteiger partial charge in [0.05, 0.1) is 5.56 Å². The van der Waals surface area contributed by atoms with Gasteiger partial charge in [-0.1, -0.05) is 25.4 Å². The van der Waals surface area contributed by atoms with E-state index in [9.17, 15) is 9.59 Å². The molecule has 0 heterocycles. The van der Waals surface area contributed by atoms with E-state index >= 15 is 0 Å². The first kappa shape index (κ1) is 16.3. The number of rotatable bonds is 5. The predicted octanol–water partition coefficient (Wildman–Crippen LogP) is 2.24. The molecule has 0 aliphatic carbocycles. The molecule has 0 radical (unpaired) electrons. The number of halogens is 1. The molecule has 0 saturated heterocycles. The van der Waals surface area contributed by atoms with Crippen molar-refractivity contribution in [1.82, 2.24) is 5.32 Å². The van der Waals surface area contributed by atoms with E-state index in [4.69, 9.17) is 22.1 Å². The van der Waals surface area contributed by atoms with Gasteiger partial charge in [0, 0.05) is 17.3 Å². The number of nitrogens with two attached hydrogens (primary N) is 1. The topological polar surface area (TPSA) is 81.4 Å². The Balaban J connectivity index is 2.63. The van der Waals surface area contributed by atoms with E-state index in [0.29, 0.717) is 17.5 Å². The van der Waals surface area contributed by atoms with E-state index in [1.165, 1.54) is 25.1 Å². The minimum atomic E-state index is -0.878. The Bertz CT molecular complexity index is 503. The first-order valence-corrected chi connectivity index (χ1v) is 6.72. The monoisotopic (exact) mass is 298 g/mol. The van der Waals surface area contributed by atoms with Gasteiger partial charge in [-0.2, -0.15) is 0 Å². The normalized spacial score (nSPS) is 12.1. The lowest BCUT2D eigenvalue weighted by atomic mass is 10.2. The Morgan fingerprint density at radius 3 is 2.55 bits per heavy atom. The fourth-order valence-electron chi connectivity index (χ4n) is 1.45. The van der Waals surface area contributed by atoms with Crippen LogP contribution in [-0.2, 0) is 9.53 Å². The largest absolute Gasteiger partial charge is 0.449 e. The Morgan fingerprint density at radius 2 is 2.00 bits per heavy atom. The van der Waals surface area contributed by atoms with Crippen LogP contribution in [0.1, 0.15) is 31.1 Å². The highest BCUT2D eigenvalue weighted by atomic mass is 35.5. The molecular weight excluding hydrogens is 280 g/mol. The maximum absolute atomic E-state index is 11.9. The molecule has 1 aromatic rings. The van der Waals surface area contributed by atoms with Gasteiger partial charge in [0.15, 0.2) is 6.10 Å². The number of hydrogen-bond acceptors (Lipinski definition) is 4. The van der Waals surface area contributed by atoms with E-state index in [0.717, 1.165) is 0 Å². The first-order chi connectivity index (χ1) is 9.31. The van der Waals surface area contributed by atoms with E-state index in [1.807, 2.05) is 13.8 Å². The SMILES string of the molecule is CC(C)CNC(=O)C(C)OC(=O)c1ccc(Cl)cc1N. The Kier molecular flexibility index (Phi) is 5.82.